The first-order valence-corrected chi connectivity index (χ1v) is 5.11. The molecule has 0 rings (SSSR count). The highest BCUT2D eigenvalue weighted by molar-refractivity contribution is 5.71. The van der Waals surface area contributed by atoms with E-state index >= 15 is 0 Å². The Hall–Kier alpha value is -0.650. The van der Waals surface area contributed by atoms with E-state index in [1.54, 1.807) is 13.8 Å². The first-order valence-electron chi connectivity index (χ1n) is 5.11. The molecule has 0 heterocycles. The van der Waals surface area contributed by atoms with Gasteiger partial charge in [-0.25, -0.2) is 0 Å². The van der Waals surface area contributed by atoms with Gasteiger partial charge in [0, 0.05) is 13.1 Å². The van der Waals surface area contributed by atoms with Gasteiger partial charge in [-0.1, -0.05) is 0 Å². The van der Waals surface area contributed by atoms with Crippen molar-refractivity contribution in [1.29, 1.82) is 0 Å². The topological polar surface area (TPSA) is 61.8 Å². The quantitative estimate of drug-likeness (QED) is 0.562. The standard InChI is InChI=1S/C10H22N2O3/c1-5-15-9(13)6-11-7-10(2,14)8-12(3)4/h11,14H,5-8H2,1-4H3. The van der Waals surface area contributed by atoms with Gasteiger partial charge in [-0.05, 0) is 27.9 Å². The Morgan fingerprint density at radius 1 is 1.53 bits per heavy atom. The van der Waals surface area contributed by atoms with E-state index in [-0.39, 0.29) is 12.5 Å². The van der Waals surface area contributed by atoms with Crippen LogP contribution in [0.2, 0.25) is 0 Å². The summed E-state index contributed by atoms with van der Waals surface area (Å²) in [5.41, 5.74) is -0.837. The molecule has 0 saturated heterocycles. The highest BCUT2D eigenvalue weighted by Gasteiger charge is 2.20. The summed E-state index contributed by atoms with van der Waals surface area (Å²) in [6.45, 7) is 4.92. The maximum Gasteiger partial charge on any atom is 0.319 e. The molecule has 1 unspecified atom stereocenters. The number of esters is 1. The van der Waals surface area contributed by atoms with E-state index in [1.807, 2.05) is 19.0 Å². The fraction of sp³-hybridized carbons (Fsp3) is 0.900. The van der Waals surface area contributed by atoms with E-state index in [2.05, 4.69) is 5.32 Å². The van der Waals surface area contributed by atoms with Crippen LogP contribution in [-0.4, -0.2) is 61.9 Å². The van der Waals surface area contributed by atoms with Crippen molar-refractivity contribution in [2.45, 2.75) is 19.4 Å². The molecule has 5 heteroatoms. The lowest BCUT2D eigenvalue weighted by Gasteiger charge is -2.26. The third-order valence-corrected chi connectivity index (χ3v) is 1.74. The molecule has 2 N–H and O–H groups in total. The number of rotatable bonds is 7. The zero-order valence-electron chi connectivity index (χ0n) is 10.0. The number of carbonyl (C=O) groups is 1. The van der Waals surface area contributed by atoms with Crippen LogP contribution in [0.5, 0.6) is 0 Å². The van der Waals surface area contributed by atoms with Gasteiger partial charge in [0.1, 0.15) is 0 Å². The van der Waals surface area contributed by atoms with E-state index in [1.165, 1.54) is 0 Å². The molecule has 1 atom stereocenters. The first kappa shape index (κ1) is 14.3. The second-order valence-electron chi connectivity index (χ2n) is 4.14. The van der Waals surface area contributed by atoms with Crippen molar-refractivity contribution in [2.24, 2.45) is 0 Å². The lowest BCUT2D eigenvalue weighted by Crippen LogP contribution is -2.46. The molecule has 0 radical (unpaired) electrons. The van der Waals surface area contributed by atoms with Gasteiger partial charge in [0.15, 0.2) is 0 Å². The summed E-state index contributed by atoms with van der Waals surface area (Å²) in [5, 5.41) is 12.7. The summed E-state index contributed by atoms with van der Waals surface area (Å²) in [6.07, 6.45) is 0. The van der Waals surface area contributed by atoms with Gasteiger partial charge in [-0.15, -0.1) is 0 Å². The molecule has 0 aliphatic rings. The average Bonchev–Trinajstić information content (AvgIpc) is 2.01. The van der Waals surface area contributed by atoms with Crippen LogP contribution < -0.4 is 5.32 Å². The minimum Gasteiger partial charge on any atom is -0.465 e. The van der Waals surface area contributed by atoms with Crippen LogP contribution >= 0.6 is 0 Å². The second kappa shape index (κ2) is 6.76. The van der Waals surface area contributed by atoms with Crippen molar-refractivity contribution in [3.8, 4) is 0 Å². The Balaban J connectivity index is 3.69. The molecule has 0 aliphatic heterocycles. The van der Waals surface area contributed by atoms with Gasteiger partial charge in [-0.3, -0.25) is 4.79 Å². The Morgan fingerprint density at radius 2 is 2.13 bits per heavy atom. The van der Waals surface area contributed by atoms with Crippen LogP contribution in [0.15, 0.2) is 0 Å². The molecule has 0 spiro atoms. The van der Waals surface area contributed by atoms with E-state index < -0.39 is 5.60 Å². The van der Waals surface area contributed by atoms with Crippen molar-refractivity contribution >= 4 is 5.97 Å². The average molecular weight is 218 g/mol. The minimum atomic E-state index is -0.837. The summed E-state index contributed by atoms with van der Waals surface area (Å²) >= 11 is 0. The molecular weight excluding hydrogens is 196 g/mol. The van der Waals surface area contributed by atoms with Crippen LogP contribution in [0, 0.1) is 0 Å². The van der Waals surface area contributed by atoms with E-state index in [9.17, 15) is 9.90 Å². The lowest BCUT2D eigenvalue weighted by atomic mass is 10.1. The molecule has 0 saturated carbocycles. The Morgan fingerprint density at radius 3 is 2.60 bits per heavy atom. The maximum absolute atomic E-state index is 11.0. The zero-order valence-corrected chi connectivity index (χ0v) is 10.0. The Bertz CT molecular complexity index is 193. The highest BCUT2D eigenvalue weighted by atomic mass is 16.5. The monoisotopic (exact) mass is 218 g/mol. The summed E-state index contributed by atoms with van der Waals surface area (Å²) in [7, 11) is 3.78. The van der Waals surface area contributed by atoms with Gasteiger partial charge in [-0.2, -0.15) is 0 Å². The second-order valence-corrected chi connectivity index (χ2v) is 4.14. The molecule has 0 aromatic heterocycles. The number of hydrogen-bond acceptors (Lipinski definition) is 5. The van der Waals surface area contributed by atoms with Crippen LogP contribution in [0.3, 0.4) is 0 Å². The zero-order chi connectivity index (χ0) is 11.9. The Labute approximate surface area is 91.4 Å². The van der Waals surface area contributed by atoms with Crippen LogP contribution in [0.25, 0.3) is 0 Å². The number of ether oxygens (including phenoxy) is 1. The lowest BCUT2D eigenvalue weighted by molar-refractivity contribution is -0.142. The largest absolute Gasteiger partial charge is 0.465 e. The number of aliphatic hydroxyl groups is 1. The number of carbonyl (C=O) groups excluding carboxylic acids is 1. The van der Waals surface area contributed by atoms with Gasteiger partial charge in [0.2, 0.25) is 0 Å². The molecule has 0 fully saturated rings. The number of likely N-dealkylation sites (N-methyl/N-ethyl adjacent to an activating group) is 1. The molecular formula is C10H22N2O3. The predicted molar refractivity (Wildman–Crippen MR) is 58.7 cm³/mol. The van der Waals surface area contributed by atoms with Crippen molar-refractivity contribution in [3.05, 3.63) is 0 Å². The maximum atomic E-state index is 11.0. The van der Waals surface area contributed by atoms with Crippen LogP contribution in [-0.2, 0) is 9.53 Å². The highest BCUT2D eigenvalue weighted by Crippen LogP contribution is 2.01. The number of hydrogen-bond donors (Lipinski definition) is 2. The van der Waals surface area contributed by atoms with E-state index in [0.717, 1.165) is 0 Å². The van der Waals surface area contributed by atoms with Gasteiger partial charge in [0.05, 0.1) is 18.8 Å². The van der Waals surface area contributed by atoms with Crippen molar-refractivity contribution in [2.75, 3.05) is 40.3 Å². The predicted octanol–water partition coefficient (Wildman–Crippen LogP) is -0.548. The smallest absolute Gasteiger partial charge is 0.319 e. The first-order chi connectivity index (χ1) is 6.87. The molecule has 0 aromatic rings. The molecule has 5 nitrogen and oxygen atoms in total. The summed E-state index contributed by atoms with van der Waals surface area (Å²) in [4.78, 5) is 12.9. The molecule has 0 amide bonds. The molecule has 0 aromatic carbocycles. The summed E-state index contributed by atoms with van der Waals surface area (Å²) in [6, 6.07) is 0. The van der Waals surface area contributed by atoms with Crippen LogP contribution in [0.1, 0.15) is 13.8 Å². The van der Waals surface area contributed by atoms with Crippen LogP contribution in [0.4, 0.5) is 0 Å². The van der Waals surface area contributed by atoms with Gasteiger partial charge >= 0.3 is 5.97 Å². The molecule has 90 valence electrons. The van der Waals surface area contributed by atoms with Gasteiger partial charge < -0.3 is 20.1 Å². The van der Waals surface area contributed by atoms with Crippen molar-refractivity contribution in [1.82, 2.24) is 10.2 Å². The summed E-state index contributed by atoms with van der Waals surface area (Å²) < 4.78 is 4.74. The fourth-order valence-corrected chi connectivity index (χ4v) is 1.38. The number of nitrogens with one attached hydrogen (secondary N) is 1. The van der Waals surface area contributed by atoms with E-state index in [0.29, 0.717) is 19.7 Å². The Kier molecular flexibility index (Phi) is 6.47. The third kappa shape index (κ3) is 8.35. The minimum absolute atomic E-state index is 0.136. The molecule has 0 bridgehead atoms. The third-order valence-electron chi connectivity index (χ3n) is 1.74. The molecule has 15 heavy (non-hydrogen) atoms. The SMILES string of the molecule is CCOC(=O)CNCC(C)(O)CN(C)C. The summed E-state index contributed by atoms with van der Waals surface area (Å²) in [5.74, 6) is -0.293. The molecule has 0 aliphatic carbocycles. The van der Waals surface area contributed by atoms with E-state index in [4.69, 9.17) is 4.74 Å². The van der Waals surface area contributed by atoms with Crippen molar-refractivity contribution < 1.29 is 14.6 Å². The normalized spacial score (nSPS) is 15.1. The van der Waals surface area contributed by atoms with Gasteiger partial charge in [0.25, 0.3) is 0 Å². The number of nitrogens with zero attached hydrogens (tertiary/aromatic N) is 1. The fourth-order valence-electron chi connectivity index (χ4n) is 1.38. The van der Waals surface area contributed by atoms with Crippen molar-refractivity contribution in [3.63, 3.8) is 0 Å².